The van der Waals surface area contributed by atoms with Crippen LogP contribution in [0, 0.1) is 0 Å². The molecule has 0 amide bonds. The highest BCUT2D eigenvalue weighted by atomic mass is 16.1. The van der Waals surface area contributed by atoms with Crippen LogP contribution >= 0.6 is 0 Å². The molecule has 1 heterocycles. The summed E-state index contributed by atoms with van der Waals surface area (Å²) in [6.45, 7) is 3.80. The van der Waals surface area contributed by atoms with Crippen molar-refractivity contribution in [2.24, 2.45) is 0 Å². The smallest absolute Gasteiger partial charge is 0.250 e. The number of hydrogen-bond acceptors (Lipinski definition) is 3. The molecule has 4 nitrogen and oxygen atoms in total. The Labute approximate surface area is 128 Å². The van der Waals surface area contributed by atoms with Crippen LogP contribution in [0.15, 0.2) is 29.2 Å². The van der Waals surface area contributed by atoms with Gasteiger partial charge in [0, 0.05) is 31.4 Å². The molecule has 1 N–H and O–H groups in total. The maximum absolute atomic E-state index is 11.5. The number of aromatic nitrogens is 1. The van der Waals surface area contributed by atoms with E-state index in [0.29, 0.717) is 0 Å². The standard InChI is InChI=1S/C17H29N3O/c1-19(16-8-3-2-4-9-16)13-7-11-18-12-15-20-14-6-5-10-17(20)21/h5-6,10,14,16,18H,2-4,7-9,11-13,15H2,1H3. The number of hydrogen-bond donors (Lipinski definition) is 1. The summed E-state index contributed by atoms with van der Waals surface area (Å²) in [5.41, 5.74) is 0.0799. The third-order valence-electron chi connectivity index (χ3n) is 4.49. The third kappa shape index (κ3) is 5.64. The van der Waals surface area contributed by atoms with Gasteiger partial charge < -0.3 is 14.8 Å². The normalized spacial score (nSPS) is 16.5. The minimum atomic E-state index is 0.0799. The van der Waals surface area contributed by atoms with Crippen LogP contribution in [0.25, 0.3) is 0 Å². The molecule has 1 aromatic heterocycles. The maximum atomic E-state index is 11.5. The topological polar surface area (TPSA) is 37.3 Å². The lowest BCUT2D eigenvalue weighted by Gasteiger charge is -2.31. The van der Waals surface area contributed by atoms with E-state index in [1.54, 1.807) is 16.7 Å². The van der Waals surface area contributed by atoms with Crippen LogP contribution < -0.4 is 10.9 Å². The first kappa shape index (κ1) is 16.2. The first-order valence-corrected chi connectivity index (χ1v) is 8.34. The molecular weight excluding hydrogens is 262 g/mol. The van der Waals surface area contributed by atoms with E-state index in [1.165, 1.54) is 45.1 Å². The van der Waals surface area contributed by atoms with Crippen LogP contribution in [0.2, 0.25) is 0 Å². The van der Waals surface area contributed by atoms with Crippen LogP contribution in [0.5, 0.6) is 0 Å². The Hall–Kier alpha value is -1.13. The van der Waals surface area contributed by atoms with Gasteiger partial charge in [0.25, 0.3) is 5.56 Å². The maximum Gasteiger partial charge on any atom is 0.250 e. The van der Waals surface area contributed by atoms with E-state index in [-0.39, 0.29) is 5.56 Å². The minimum Gasteiger partial charge on any atom is -0.315 e. The van der Waals surface area contributed by atoms with Gasteiger partial charge in [-0.3, -0.25) is 4.79 Å². The minimum absolute atomic E-state index is 0.0799. The second kappa shape index (κ2) is 9.00. The van der Waals surface area contributed by atoms with Crippen molar-refractivity contribution in [3.05, 3.63) is 34.7 Å². The van der Waals surface area contributed by atoms with E-state index in [9.17, 15) is 4.79 Å². The van der Waals surface area contributed by atoms with Crippen molar-refractivity contribution in [1.82, 2.24) is 14.8 Å². The molecule has 0 aromatic carbocycles. The second-order valence-corrected chi connectivity index (χ2v) is 6.11. The van der Waals surface area contributed by atoms with Gasteiger partial charge in [-0.2, -0.15) is 0 Å². The highest BCUT2D eigenvalue weighted by Gasteiger charge is 2.16. The van der Waals surface area contributed by atoms with Crippen molar-refractivity contribution >= 4 is 0 Å². The predicted octanol–water partition coefficient (Wildman–Crippen LogP) is 2.09. The molecule has 0 unspecified atom stereocenters. The Balaban J connectivity index is 1.54. The molecule has 0 atom stereocenters. The van der Waals surface area contributed by atoms with E-state index in [0.717, 1.165) is 25.7 Å². The molecule has 118 valence electrons. The first-order valence-electron chi connectivity index (χ1n) is 8.34. The number of rotatable bonds is 8. The van der Waals surface area contributed by atoms with E-state index in [4.69, 9.17) is 0 Å². The lowest BCUT2D eigenvalue weighted by atomic mass is 9.94. The quantitative estimate of drug-likeness (QED) is 0.745. The number of nitrogens with one attached hydrogen (secondary N) is 1. The highest BCUT2D eigenvalue weighted by molar-refractivity contribution is 4.93. The summed E-state index contributed by atoms with van der Waals surface area (Å²) < 4.78 is 1.75. The molecule has 2 rings (SSSR count). The monoisotopic (exact) mass is 291 g/mol. The number of pyridine rings is 1. The zero-order valence-corrected chi connectivity index (χ0v) is 13.3. The molecule has 1 saturated carbocycles. The van der Waals surface area contributed by atoms with Crippen LogP contribution in [-0.4, -0.2) is 42.2 Å². The van der Waals surface area contributed by atoms with Crippen molar-refractivity contribution in [2.75, 3.05) is 26.7 Å². The van der Waals surface area contributed by atoms with Gasteiger partial charge in [0.1, 0.15) is 0 Å². The second-order valence-electron chi connectivity index (χ2n) is 6.11. The molecule has 0 spiro atoms. The molecule has 1 aliphatic carbocycles. The molecule has 0 aliphatic heterocycles. The van der Waals surface area contributed by atoms with Gasteiger partial charge in [0.15, 0.2) is 0 Å². The highest BCUT2D eigenvalue weighted by Crippen LogP contribution is 2.21. The summed E-state index contributed by atoms with van der Waals surface area (Å²) in [4.78, 5) is 14.1. The molecule has 0 bridgehead atoms. The lowest BCUT2D eigenvalue weighted by molar-refractivity contribution is 0.189. The summed E-state index contributed by atoms with van der Waals surface area (Å²) in [7, 11) is 2.26. The Morgan fingerprint density at radius 3 is 2.81 bits per heavy atom. The Kier molecular flexibility index (Phi) is 6.96. The van der Waals surface area contributed by atoms with Crippen molar-refractivity contribution < 1.29 is 0 Å². The Morgan fingerprint density at radius 1 is 1.24 bits per heavy atom. The van der Waals surface area contributed by atoms with E-state index in [2.05, 4.69) is 17.3 Å². The molecule has 4 heteroatoms. The van der Waals surface area contributed by atoms with Crippen LogP contribution in [0.4, 0.5) is 0 Å². The molecule has 0 saturated heterocycles. The molecule has 1 fully saturated rings. The average molecular weight is 291 g/mol. The Bertz CT molecular complexity index is 451. The van der Waals surface area contributed by atoms with Crippen molar-refractivity contribution in [1.29, 1.82) is 0 Å². The predicted molar refractivity (Wildman–Crippen MR) is 87.7 cm³/mol. The third-order valence-corrected chi connectivity index (χ3v) is 4.49. The molecule has 1 aliphatic rings. The fourth-order valence-corrected chi connectivity index (χ4v) is 3.13. The van der Waals surface area contributed by atoms with Crippen molar-refractivity contribution in [3.63, 3.8) is 0 Å². The zero-order chi connectivity index (χ0) is 14.9. The molecule has 21 heavy (non-hydrogen) atoms. The van der Waals surface area contributed by atoms with Gasteiger partial charge in [0.05, 0.1) is 0 Å². The van der Waals surface area contributed by atoms with Crippen LogP contribution in [-0.2, 0) is 6.54 Å². The summed E-state index contributed by atoms with van der Waals surface area (Å²) in [5, 5.41) is 3.43. The van der Waals surface area contributed by atoms with E-state index < -0.39 is 0 Å². The van der Waals surface area contributed by atoms with Gasteiger partial charge in [-0.1, -0.05) is 25.3 Å². The largest absolute Gasteiger partial charge is 0.315 e. The zero-order valence-electron chi connectivity index (χ0n) is 13.3. The fraction of sp³-hybridized carbons (Fsp3) is 0.706. The average Bonchev–Trinajstić information content (AvgIpc) is 2.53. The fourth-order valence-electron chi connectivity index (χ4n) is 3.13. The lowest BCUT2D eigenvalue weighted by Crippen LogP contribution is -2.35. The van der Waals surface area contributed by atoms with Crippen LogP contribution in [0.1, 0.15) is 38.5 Å². The van der Waals surface area contributed by atoms with Gasteiger partial charge in [-0.05, 0) is 45.5 Å². The van der Waals surface area contributed by atoms with E-state index in [1.807, 2.05) is 12.3 Å². The summed E-state index contributed by atoms with van der Waals surface area (Å²) >= 11 is 0. The van der Waals surface area contributed by atoms with Gasteiger partial charge >= 0.3 is 0 Å². The van der Waals surface area contributed by atoms with Gasteiger partial charge in [0.2, 0.25) is 0 Å². The van der Waals surface area contributed by atoms with Crippen molar-refractivity contribution in [2.45, 2.75) is 51.1 Å². The molecule has 0 radical (unpaired) electrons. The molecular formula is C17H29N3O. The summed E-state index contributed by atoms with van der Waals surface area (Å²) in [5.74, 6) is 0. The van der Waals surface area contributed by atoms with E-state index >= 15 is 0 Å². The van der Waals surface area contributed by atoms with Crippen molar-refractivity contribution in [3.8, 4) is 0 Å². The number of nitrogens with zero attached hydrogens (tertiary/aromatic N) is 2. The van der Waals surface area contributed by atoms with Crippen LogP contribution in [0.3, 0.4) is 0 Å². The van der Waals surface area contributed by atoms with Gasteiger partial charge in [-0.15, -0.1) is 0 Å². The summed E-state index contributed by atoms with van der Waals surface area (Å²) in [6, 6.07) is 6.11. The van der Waals surface area contributed by atoms with Gasteiger partial charge in [-0.25, -0.2) is 0 Å². The summed E-state index contributed by atoms with van der Waals surface area (Å²) in [6.07, 6.45) is 10.0. The SMILES string of the molecule is CN(CCCNCCn1ccccc1=O)C1CCCCC1. The molecule has 1 aromatic rings. The first-order chi connectivity index (χ1) is 10.3. The Morgan fingerprint density at radius 2 is 2.05 bits per heavy atom.